The molecule has 2 unspecified atom stereocenters. The number of nitrogens with one attached hydrogen (secondary N) is 1. The van der Waals surface area contributed by atoms with Crippen molar-refractivity contribution in [3.05, 3.63) is 0 Å². The van der Waals surface area contributed by atoms with Gasteiger partial charge in [-0.1, -0.05) is 20.8 Å². The minimum Gasteiger partial charge on any atom is -0.313 e. The second kappa shape index (κ2) is 6.44. The summed E-state index contributed by atoms with van der Waals surface area (Å²) in [6.07, 6.45) is 1.21. The largest absolute Gasteiger partial charge is 0.313 e. The van der Waals surface area contributed by atoms with Crippen LogP contribution in [0.5, 0.6) is 0 Å². The lowest BCUT2D eigenvalue weighted by Gasteiger charge is -2.31. The topological polar surface area (TPSA) is 15.3 Å². The third kappa shape index (κ3) is 3.55. The highest BCUT2D eigenvalue weighted by Gasteiger charge is 2.16. The van der Waals surface area contributed by atoms with Crippen molar-refractivity contribution in [2.75, 3.05) is 20.1 Å². The molecule has 0 aliphatic carbocycles. The molecule has 2 nitrogen and oxygen atoms in total. The summed E-state index contributed by atoms with van der Waals surface area (Å²) >= 11 is 0. The fraction of sp³-hybridized carbons (Fsp3) is 1.00. The van der Waals surface area contributed by atoms with Crippen LogP contribution in [-0.2, 0) is 0 Å². The van der Waals surface area contributed by atoms with Gasteiger partial charge in [-0.3, -0.25) is 0 Å². The molecule has 0 saturated heterocycles. The van der Waals surface area contributed by atoms with Gasteiger partial charge in [-0.25, -0.2) is 0 Å². The molecule has 0 bridgehead atoms. The van der Waals surface area contributed by atoms with Gasteiger partial charge in [-0.05, 0) is 33.5 Å². The molecular weight excluding hydrogens is 148 g/mol. The van der Waals surface area contributed by atoms with E-state index in [9.17, 15) is 0 Å². The summed E-state index contributed by atoms with van der Waals surface area (Å²) in [6, 6.07) is 1.28. The van der Waals surface area contributed by atoms with E-state index in [0.717, 1.165) is 13.1 Å². The number of rotatable bonds is 6. The predicted molar refractivity (Wildman–Crippen MR) is 55.5 cm³/mol. The van der Waals surface area contributed by atoms with Gasteiger partial charge in [0.25, 0.3) is 0 Å². The lowest BCUT2D eigenvalue weighted by molar-refractivity contribution is 0.213. The highest BCUT2D eigenvalue weighted by molar-refractivity contribution is 4.77. The van der Waals surface area contributed by atoms with Crippen molar-refractivity contribution in [3.63, 3.8) is 0 Å². The molecule has 12 heavy (non-hydrogen) atoms. The molecule has 0 radical (unpaired) electrons. The summed E-state index contributed by atoms with van der Waals surface area (Å²) in [7, 11) is 2.19. The smallest absolute Gasteiger partial charge is 0.0217 e. The Balaban J connectivity index is 3.91. The first kappa shape index (κ1) is 11.9. The summed E-state index contributed by atoms with van der Waals surface area (Å²) in [6.45, 7) is 11.1. The van der Waals surface area contributed by atoms with Gasteiger partial charge < -0.3 is 10.2 Å². The van der Waals surface area contributed by atoms with Crippen LogP contribution >= 0.6 is 0 Å². The van der Waals surface area contributed by atoms with Gasteiger partial charge in [-0.2, -0.15) is 0 Å². The molecule has 0 spiro atoms. The van der Waals surface area contributed by atoms with E-state index in [1.54, 1.807) is 0 Å². The number of nitrogens with zero attached hydrogens (tertiary/aromatic N) is 1. The van der Waals surface area contributed by atoms with E-state index in [0.29, 0.717) is 12.1 Å². The summed E-state index contributed by atoms with van der Waals surface area (Å²) in [4.78, 5) is 2.39. The molecule has 0 aromatic heterocycles. The Morgan fingerprint density at radius 3 is 2.17 bits per heavy atom. The Morgan fingerprint density at radius 2 is 1.83 bits per heavy atom. The summed E-state index contributed by atoms with van der Waals surface area (Å²) < 4.78 is 0. The van der Waals surface area contributed by atoms with Gasteiger partial charge in [0.1, 0.15) is 0 Å². The Labute approximate surface area is 77.3 Å². The van der Waals surface area contributed by atoms with Crippen molar-refractivity contribution in [2.45, 2.75) is 46.2 Å². The van der Waals surface area contributed by atoms with E-state index in [1.165, 1.54) is 6.42 Å². The maximum Gasteiger partial charge on any atom is 0.0217 e. The van der Waals surface area contributed by atoms with Crippen LogP contribution in [0.4, 0.5) is 0 Å². The lowest BCUT2D eigenvalue weighted by Crippen LogP contribution is -2.46. The zero-order valence-corrected chi connectivity index (χ0v) is 9.22. The highest BCUT2D eigenvalue weighted by Crippen LogP contribution is 2.04. The Kier molecular flexibility index (Phi) is 6.39. The van der Waals surface area contributed by atoms with Gasteiger partial charge in [0.15, 0.2) is 0 Å². The van der Waals surface area contributed by atoms with Crippen LogP contribution in [0.1, 0.15) is 34.1 Å². The third-order valence-electron chi connectivity index (χ3n) is 2.68. The molecule has 0 aliphatic heterocycles. The zero-order valence-electron chi connectivity index (χ0n) is 9.22. The minimum absolute atomic E-state index is 0.639. The number of hydrogen-bond donors (Lipinski definition) is 1. The maximum absolute atomic E-state index is 3.51. The second-order valence-corrected chi connectivity index (χ2v) is 3.39. The summed E-state index contributed by atoms with van der Waals surface area (Å²) in [5.41, 5.74) is 0. The first-order chi connectivity index (χ1) is 5.67. The predicted octanol–water partition coefficient (Wildman–Crippen LogP) is 1.71. The van der Waals surface area contributed by atoms with Crippen LogP contribution in [0.3, 0.4) is 0 Å². The molecule has 0 rings (SSSR count). The summed E-state index contributed by atoms with van der Waals surface area (Å²) in [5.74, 6) is 0. The number of likely N-dealkylation sites (N-methyl/N-ethyl adjacent to an activating group) is 2. The van der Waals surface area contributed by atoms with Crippen molar-refractivity contribution in [3.8, 4) is 0 Å². The van der Waals surface area contributed by atoms with Gasteiger partial charge in [0, 0.05) is 12.1 Å². The fourth-order valence-electron chi connectivity index (χ4n) is 1.51. The van der Waals surface area contributed by atoms with E-state index in [4.69, 9.17) is 0 Å². The third-order valence-corrected chi connectivity index (χ3v) is 2.68. The van der Waals surface area contributed by atoms with Crippen LogP contribution in [0.25, 0.3) is 0 Å². The van der Waals surface area contributed by atoms with E-state index in [-0.39, 0.29) is 0 Å². The molecule has 2 heteroatoms. The second-order valence-electron chi connectivity index (χ2n) is 3.39. The van der Waals surface area contributed by atoms with E-state index in [1.807, 2.05) is 0 Å². The van der Waals surface area contributed by atoms with Crippen molar-refractivity contribution >= 4 is 0 Å². The average molecular weight is 172 g/mol. The molecule has 1 N–H and O–H groups in total. The van der Waals surface area contributed by atoms with Gasteiger partial charge in [0.2, 0.25) is 0 Å². The van der Waals surface area contributed by atoms with Gasteiger partial charge in [0.05, 0.1) is 0 Å². The van der Waals surface area contributed by atoms with E-state index < -0.39 is 0 Å². The Bertz CT molecular complexity index is 104. The van der Waals surface area contributed by atoms with Crippen LogP contribution in [0.15, 0.2) is 0 Å². The molecule has 0 aromatic rings. The molecule has 0 aliphatic rings. The van der Waals surface area contributed by atoms with Crippen molar-refractivity contribution < 1.29 is 0 Å². The molecule has 0 fully saturated rings. The lowest BCUT2D eigenvalue weighted by atomic mass is 10.1. The maximum atomic E-state index is 3.51. The molecule has 0 heterocycles. The van der Waals surface area contributed by atoms with Crippen molar-refractivity contribution in [1.29, 1.82) is 0 Å². The molecule has 2 atom stereocenters. The normalized spacial score (nSPS) is 16.5. The van der Waals surface area contributed by atoms with Crippen LogP contribution < -0.4 is 5.32 Å². The molecule has 0 amide bonds. The van der Waals surface area contributed by atoms with Crippen LogP contribution in [0.2, 0.25) is 0 Å². The quantitative estimate of drug-likeness (QED) is 0.656. The van der Waals surface area contributed by atoms with Crippen LogP contribution in [0, 0.1) is 0 Å². The molecular formula is C10H24N2. The summed E-state index contributed by atoms with van der Waals surface area (Å²) in [5, 5.41) is 3.51. The fourth-order valence-corrected chi connectivity index (χ4v) is 1.51. The first-order valence-electron chi connectivity index (χ1n) is 5.10. The van der Waals surface area contributed by atoms with Crippen LogP contribution in [-0.4, -0.2) is 37.1 Å². The van der Waals surface area contributed by atoms with E-state index in [2.05, 4.69) is 45.0 Å². The average Bonchev–Trinajstić information content (AvgIpc) is 2.11. The van der Waals surface area contributed by atoms with Gasteiger partial charge in [-0.15, -0.1) is 0 Å². The first-order valence-corrected chi connectivity index (χ1v) is 5.10. The molecule has 74 valence electrons. The van der Waals surface area contributed by atoms with Crippen molar-refractivity contribution in [1.82, 2.24) is 10.2 Å². The molecule has 0 saturated carbocycles. The Hall–Kier alpha value is -0.0800. The van der Waals surface area contributed by atoms with Gasteiger partial charge >= 0.3 is 0 Å². The minimum atomic E-state index is 0.639. The highest BCUT2D eigenvalue weighted by atomic mass is 15.1. The van der Waals surface area contributed by atoms with Crippen molar-refractivity contribution in [2.24, 2.45) is 0 Å². The number of hydrogen-bond acceptors (Lipinski definition) is 2. The zero-order chi connectivity index (χ0) is 9.56. The molecule has 0 aromatic carbocycles. The standard InChI is InChI=1S/C10H24N2/c1-6-10(11-7-2)9(4)12(5)8-3/h9-11H,6-8H2,1-5H3. The Morgan fingerprint density at radius 1 is 1.25 bits per heavy atom. The monoisotopic (exact) mass is 172 g/mol. The SMILES string of the molecule is CCNC(CC)C(C)N(C)CC. The van der Waals surface area contributed by atoms with E-state index >= 15 is 0 Å².